The molecule has 0 amide bonds. The summed E-state index contributed by atoms with van der Waals surface area (Å²) in [5.74, 6) is -0.181. The Balaban J connectivity index is 2.37. The lowest BCUT2D eigenvalue weighted by atomic mass is 9.83. The first-order valence-electron chi connectivity index (χ1n) is 4.85. The molecule has 0 aromatic heterocycles. The maximum Gasteiger partial charge on any atom is 0.165 e. The van der Waals surface area contributed by atoms with Crippen LogP contribution in [0.25, 0.3) is 0 Å². The summed E-state index contributed by atoms with van der Waals surface area (Å²) in [6.45, 7) is 1.96. The van der Waals surface area contributed by atoms with Gasteiger partial charge in [-0.3, -0.25) is 0 Å². The molecule has 82 valence electrons. The number of hydrogen-bond acceptors (Lipinski definition) is 5. The number of nitriles is 1. The van der Waals surface area contributed by atoms with Crippen molar-refractivity contribution in [2.24, 2.45) is 5.92 Å². The predicted octanol–water partition coefficient (Wildman–Crippen LogP) is 0.0848. The van der Waals surface area contributed by atoms with Crippen LogP contribution in [0.3, 0.4) is 0 Å². The maximum absolute atomic E-state index is 10.1. The van der Waals surface area contributed by atoms with Crippen molar-refractivity contribution in [1.29, 1.82) is 5.26 Å². The predicted molar refractivity (Wildman–Crippen MR) is 51.3 cm³/mol. The Bertz CT molecular complexity index is 347. The number of nitrogens with one attached hydrogen (secondary N) is 1. The molecule has 2 heterocycles. The van der Waals surface area contributed by atoms with Crippen LogP contribution < -0.4 is 5.32 Å². The molecule has 2 rings (SSSR count). The van der Waals surface area contributed by atoms with Crippen LogP contribution in [0.15, 0.2) is 11.3 Å². The summed E-state index contributed by atoms with van der Waals surface area (Å²) in [6, 6.07) is 2.14. The molecule has 2 N–H and O–H groups in total. The van der Waals surface area contributed by atoms with Gasteiger partial charge in [0.25, 0.3) is 0 Å². The number of rotatable bonds is 1. The minimum atomic E-state index is -1.05. The van der Waals surface area contributed by atoms with Gasteiger partial charge in [-0.1, -0.05) is 0 Å². The third-order valence-corrected chi connectivity index (χ3v) is 2.92. The quantitative estimate of drug-likeness (QED) is 0.641. The highest BCUT2D eigenvalue weighted by atomic mass is 16.7. The summed E-state index contributed by atoms with van der Waals surface area (Å²) in [4.78, 5) is 0. The van der Waals surface area contributed by atoms with E-state index in [1.807, 2.05) is 0 Å². The number of ether oxygens (including phenoxy) is 2. The lowest BCUT2D eigenvalue weighted by molar-refractivity contribution is -0.235. The second kappa shape index (κ2) is 3.49. The summed E-state index contributed by atoms with van der Waals surface area (Å²) in [5, 5.41) is 22.0. The highest BCUT2D eigenvalue weighted by molar-refractivity contribution is 5.33. The van der Waals surface area contributed by atoms with Crippen LogP contribution in [0.4, 0.5) is 0 Å². The summed E-state index contributed by atoms with van der Waals surface area (Å²) >= 11 is 0. The summed E-state index contributed by atoms with van der Waals surface area (Å²) in [5.41, 5.74) is 0.261. The normalized spacial score (nSPS) is 39.6. The molecular weight excluding hydrogens is 196 g/mol. The number of hydrogen-bond donors (Lipinski definition) is 2. The van der Waals surface area contributed by atoms with Crippen molar-refractivity contribution in [3.63, 3.8) is 0 Å². The van der Waals surface area contributed by atoms with E-state index >= 15 is 0 Å². The standard InChI is InChI=1S/C10H14N2O3/c1-6-8(4-11)7-3-10(13,12-6)5-15-9(7)14-2/h7,9,12-13H,3,5H2,1-2H3/t7-,9+,10+/m1/s1. The van der Waals surface area contributed by atoms with Crippen molar-refractivity contribution in [3.8, 4) is 6.07 Å². The van der Waals surface area contributed by atoms with Crippen LogP contribution in [0.2, 0.25) is 0 Å². The van der Waals surface area contributed by atoms with Crippen molar-refractivity contribution in [3.05, 3.63) is 11.3 Å². The van der Waals surface area contributed by atoms with Gasteiger partial charge in [0.2, 0.25) is 0 Å². The Morgan fingerprint density at radius 2 is 2.47 bits per heavy atom. The maximum atomic E-state index is 10.1. The van der Waals surface area contributed by atoms with Crippen LogP contribution in [-0.4, -0.2) is 30.8 Å². The van der Waals surface area contributed by atoms with Crippen LogP contribution in [0, 0.1) is 17.2 Å². The molecule has 2 aliphatic rings. The van der Waals surface area contributed by atoms with Gasteiger partial charge in [0.05, 0.1) is 24.2 Å². The van der Waals surface area contributed by atoms with E-state index in [2.05, 4.69) is 11.4 Å². The monoisotopic (exact) mass is 210 g/mol. The average Bonchev–Trinajstić information content (AvgIpc) is 2.17. The molecule has 2 aliphatic heterocycles. The Hall–Kier alpha value is -1.09. The van der Waals surface area contributed by atoms with E-state index in [4.69, 9.17) is 14.7 Å². The minimum Gasteiger partial charge on any atom is -0.369 e. The molecule has 2 bridgehead atoms. The Morgan fingerprint density at radius 3 is 3.07 bits per heavy atom. The minimum absolute atomic E-state index is 0.179. The van der Waals surface area contributed by atoms with E-state index in [1.165, 1.54) is 0 Å². The number of fused-ring (bicyclic) bond motifs is 2. The van der Waals surface area contributed by atoms with E-state index in [0.717, 1.165) is 0 Å². The molecule has 0 aliphatic carbocycles. The second-order valence-electron chi connectivity index (χ2n) is 4.03. The molecule has 3 atom stereocenters. The van der Waals surface area contributed by atoms with Crippen LogP contribution in [0.5, 0.6) is 0 Å². The van der Waals surface area contributed by atoms with Crippen LogP contribution in [0.1, 0.15) is 13.3 Å². The molecule has 0 aromatic rings. The first kappa shape index (κ1) is 10.4. The molecule has 0 aromatic carbocycles. The number of allylic oxidation sites excluding steroid dienone is 1. The van der Waals surface area contributed by atoms with Crippen LogP contribution in [-0.2, 0) is 9.47 Å². The zero-order valence-corrected chi connectivity index (χ0v) is 8.78. The molecule has 0 unspecified atom stereocenters. The molecule has 5 heteroatoms. The fraction of sp³-hybridized carbons (Fsp3) is 0.700. The van der Waals surface area contributed by atoms with Gasteiger partial charge in [-0.15, -0.1) is 0 Å². The van der Waals surface area contributed by atoms with Crippen molar-refractivity contribution < 1.29 is 14.6 Å². The van der Waals surface area contributed by atoms with Crippen molar-refractivity contribution >= 4 is 0 Å². The van der Waals surface area contributed by atoms with Crippen LogP contribution >= 0.6 is 0 Å². The highest BCUT2D eigenvalue weighted by Gasteiger charge is 2.46. The second-order valence-corrected chi connectivity index (χ2v) is 4.03. The first-order chi connectivity index (χ1) is 7.09. The summed E-state index contributed by atoms with van der Waals surface area (Å²) in [7, 11) is 1.54. The number of nitrogens with zero attached hydrogens (tertiary/aromatic N) is 1. The largest absolute Gasteiger partial charge is 0.369 e. The summed E-state index contributed by atoms with van der Waals surface area (Å²) < 4.78 is 10.5. The molecule has 0 spiro atoms. The Morgan fingerprint density at radius 1 is 1.73 bits per heavy atom. The zero-order valence-electron chi connectivity index (χ0n) is 8.78. The molecule has 0 radical (unpaired) electrons. The SMILES string of the molecule is CO[C@H]1OC[C@@]2(O)C[C@@H]1C(C#N)=C(C)N2. The van der Waals surface area contributed by atoms with Gasteiger partial charge >= 0.3 is 0 Å². The topological polar surface area (TPSA) is 74.5 Å². The van der Waals surface area contributed by atoms with Gasteiger partial charge < -0.3 is 19.9 Å². The fourth-order valence-corrected chi connectivity index (χ4v) is 2.27. The molecule has 15 heavy (non-hydrogen) atoms. The van der Waals surface area contributed by atoms with Crippen molar-refractivity contribution in [2.45, 2.75) is 25.4 Å². The number of methoxy groups -OCH3 is 1. The van der Waals surface area contributed by atoms with Gasteiger partial charge in [0, 0.05) is 19.2 Å². The Labute approximate surface area is 88.3 Å². The van der Waals surface area contributed by atoms with E-state index in [1.54, 1.807) is 14.0 Å². The van der Waals surface area contributed by atoms with E-state index in [0.29, 0.717) is 17.7 Å². The molecule has 0 saturated carbocycles. The van der Waals surface area contributed by atoms with Gasteiger partial charge in [-0.25, -0.2) is 0 Å². The summed E-state index contributed by atoms with van der Waals surface area (Å²) in [6.07, 6.45) is 0.0168. The fourth-order valence-electron chi connectivity index (χ4n) is 2.27. The third kappa shape index (κ3) is 1.61. The molecule has 1 fully saturated rings. The van der Waals surface area contributed by atoms with Gasteiger partial charge in [-0.05, 0) is 6.92 Å². The van der Waals surface area contributed by atoms with E-state index in [9.17, 15) is 5.11 Å². The third-order valence-electron chi connectivity index (χ3n) is 2.92. The average molecular weight is 210 g/mol. The lowest BCUT2D eigenvalue weighted by Crippen LogP contribution is -2.59. The zero-order chi connectivity index (χ0) is 11.1. The van der Waals surface area contributed by atoms with Crippen molar-refractivity contribution in [2.75, 3.05) is 13.7 Å². The van der Waals surface area contributed by atoms with E-state index in [-0.39, 0.29) is 12.5 Å². The lowest BCUT2D eigenvalue weighted by Gasteiger charge is -2.45. The molecule has 5 nitrogen and oxygen atoms in total. The highest BCUT2D eigenvalue weighted by Crippen LogP contribution is 2.37. The smallest absolute Gasteiger partial charge is 0.165 e. The first-order valence-corrected chi connectivity index (χ1v) is 4.85. The van der Waals surface area contributed by atoms with Gasteiger partial charge in [-0.2, -0.15) is 5.26 Å². The van der Waals surface area contributed by atoms with Crippen molar-refractivity contribution in [1.82, 2.24) is 5.32 Å². The van der Waals surface area contributed by atoms with Gasteiger partial charge in [0.15, 0.2) is 12.0 Å². The molecular formula is C10H14N2O3. The Kier molecular flexibility index (Phi) is 2.43. The molecule has 1 saturated heterocycles. The van der Waals surface area contributed by atoms with E-state index < -0.39 is 12.0 Å². The number of aliphatic hydroxyl groups is 1. The van der Waals surface area contributed by atoms with Gasteiger partial charge in [0.1, 0.15) is 0 Å².